The fourth-order valence-corrected chi connectivity index (χ4v) is 8.39. The van der Waals surface area contributed by atoms with Gasteiger partial charge in [0.2, 0.25) is 0 Å². The third kappa shape index (κ3) is 7.77. The van der Waals surface area contributed by atoms with Crippen molar-refractivity contribution in [2.24, 2.45) is 0 Å². The fourth-order valence-electron chi connectivity index (χ4n) is 8.39. The van der Waals surface area contributed by atoms with E-state index in [9.17, 15) is 19.5 Å². The lowest BCUT2D eigenvalue weighted by Crippen LogP contribution is -2.43. The molecule has 1 amide bonds. The second kappa shape index (κ2) is 16.4. The number of rotatable bonds is 11. The van der Waals surface area contributed by atoms with Crippen LogP contribution in [0.1, 0.15) is 82.8 Å². The van der Waals surface area contributed by atoms with E-state index in [1.54, 1.807) is 0 Å². The largest absolute Gasteiger partial charge is 0.392 e. The first-order chi connectivity index (χ1) is 28.8. The van der Waals surface area contributed by atoms with Gasteiger partial charge in [0.25, 0.3) is 5.91 Å². The van der Waals surface area contributed by atoms with Crippen molar-refractivity contribution in [2.75, 3.05) is 13.6 Å². The molecule has 1 fully saturated rings. The van der Waals surface area contributed by atoms with E-state index in [-0.39, 0.29) is 53.9 Å². The summed E-state index contributed by atoms with van der Waals surface area (Å²) >= 11 is 0. The molecule has 59 heavy (non-hydrogen) atoms. The van der Waals surface area contributed by atoms with Crippen LogP contribution in [0.4, 0.5) is 0 Å². The molecule has 1 saturated heterocycles. The molecule has 0 bridgehead atoms. The maximum atomic E-state index is 13.0. The van der Waals surface area contributed by atoms with Gasteiger partial charge in [-0.25, -0.2) is 9.59 Å². The Morgan fingerprint density at radius 2 is 1.29 bits per heavy atom. The van der Waals surface area contributed by atoms with E-state index >= 15 is 0 Å². The summed E-state index contributed by atoms with van der Waals surface area (Å²) in [6.07, 6.45) is -1.37. The Kier molecular flexibility index (Phi) is 10.6. The third-order valence-corrected chi connectivity index (χ3v) is 11.4. The van der Waals surface area contributed by atoms with Crippen molar-refractivity contribution in [3.8, 4) is 0 Å². The Balaban J connectivity index is 0.998. The SMILES string of the molecule is CN(Cc1c2ccccc2cc2ccccc12)C[C@H]1OC(c2ccc(CNC(=O)c3ccc4c(c3)C(=O)OC4=O)cc2)O[C@@H](c2ccc(CO)cc2)[C@@H]1c1ccccc1. The van der Waals surface area contributed by atoms with E-state index in [0.717, 1.165) is 27.8 Å². The van der Waals surface area contributed by atoms with Gasteiger partial charge in [-0.05, 0) is 80.7 Å². The van der Waals surface area contributed by atoms with Crippen molar-refractivity contribution in [3.05, 3.63) is 202 Å². The molecule has 0 aliphatic carbocycles. The maximum absolute atomic E-state index is 13.0. The molecule has 2 heterocycles. The number of esters is 2. The highest BCUT2D eigenvalue weighted by Gasteiger charge is 2.42. The molecule has 4 atom stereocenters. The number of benzene rings is 7. The second-order valence-corrected chi connectivity index (χ2v) is 15.3. The number of fused-ring (bicyclic) bond motifs is 3. The number of hydrogen-bond donors (Lipinski definition) is 2. The quantitative estimate of drug-likeness (QED) is 0.0761. The zero-order chi connectivity index (χ0) is 40.5. The van der Waals surface area contributed by atoms with Gasteiger partial charge in [-0.3, -0.25) is 9.69 Å². The van der Waals surface area contributed by atoms with Crippen LogP contribution in [-0.4, -0.2) is 47.5 Å². The van der Waals surface area contributed by atoms with Crippen LogP contribution < -0.4 is 5.32 Å². The Hall–Kier alpha value is -6.49. The summed E-state index contributed by atoms with van der Waals surface area (Å²) in [5.41, 5.74) is 6.37. The molecular formula is C50H42N2O7. The van der Waals surface area contributed by atoms with Crippen molar-refractivity contribution in [1.29, 1.82) is 0 Å². The molecule has 9 heteroatoms. The summed E-state index contributed by atoms with van der Waals surface area (Å²) in [6.45, 7) is 1.50. The van der Waals surface area contributed by atoms with Crippen LogP contribution in [0.2, 0.25) is 0 Å². The molecule has 2 N–H and O–H groups in total. The van der Waals surface area contributed by atoms with Crippen LogP contribution in [-0.2, 0) is 33.9 Å². The predicted octanol–water partition coefficient (Wildman–Crippen LogP) is 8.80. The van der Waals surface area contributed by atoms with Crippen LogP contribution in [0.25, 0.3) is 21.5 Å². The molecule has 294 valence electrons. The second-order valence-electron chi connectivity index (χ2n) is 15.3. The first-order valence-corrected chi connectivity index (χ1v) is 19.7. The van der Waals surface area contributed by atoms with Crippen LogP contribution >= 0.6 is 0 Å². The third-order valence-electron chi connectivity index (χ3n) is 11.4. The van der Waals surface area contributed by atoms with Gasteiger partial charge in [0.15, 0.2) is 6.29 Å². The summed E-state index contributed by atoms with van der Waals surface area (Å²) in [7, 11) is 2.15. The minimum absolute atomic E-state index is 0.0499. The lowest BCUT2D eigenvalue weighted by atomic mass is 9.83. The molecule has 2 aliphatic heterocycles. The topological polar surface area (TPSA) is 114 Å². The minimum atomic E-state index is -0.755. The number of hydrogen-bond acceptors (Lipinski definition) is 8. The van der Waals surface area contributed by atoms with Crippen molar-refractivity contribution < 1.29 is 33.7 Å². The van der Waals surface area contributed by atoms with Crippen molar-refractivity contribution >= 4 is 39.4 Å². The van der Waals surface area contributed by atoms with E-state index in [1.807, 2.05) is 66.7 Å². The molecule has 9 rings (SSSR count). The summed E-state index contributed by atoms with van der Waals surface area (Å²) < 4.78 is 18.7. The first kappa shape index (κ1) is 38.1. The number of aliphatic hydroxyl groups excluding tert-OH is 1. The summed E-state index contributed by atoms with van der Waals surface area (Å²) in [6, 6.07) is 49.8. The van der Waals surface area contributed by atoms with E-state index in [4.69, 9.17) is 9.47 Å². The van der Waals surface area contributed by atoms with Gasteiger partial charge in [-0.1, -0.05) is 127 Å². The molecular weight excluding hydrogens is 741 g/mol. The van der Waals surface area contributed by atoms with Crippen LogP contribution in [0.15, 0.2) is 152 Å². The molecule has 0 radical (unpaired) electrons. The van der Waals surface area contributed by atoms with Gasteiger partial charge in [0, 0.05) is 36.7 Å². The number of ether oxygens (including phenoxy) is 3. The fraction of sp³-hybridized carbons (Fsp3) is 0.180. The molecule has 2 aliphatic rings. The number of aliphatic hydroxyl groups is 1. The number of likely N-dealkylation sites (N-methyl/N-ethyl adjacent to an activating group) is 1. The zero-order valence-corrected chi connectivity index (χ0v) is 32.4. The van der Waals surface area contributed by atoms with Gasteiger partial charge < -0.3 is 24.6 Å². The van der Waals surface area contributed by atoms with Gasteiger partial charge in [-0.15, -0.1) is 0 Å². The summed E-state index contributed by atoms with van der Waals surface area (Å²) in [5, 5.41) is 17.6. The number of nitrogens with one attached hydrogen (secondary N) is 1. The number of carbonyl (C=O) groups excluding carboxylic acids is 3. The highest BCUT2D eigenvalue weighted by Crippen LogP contribution is 2.47. The normalized spacial score (nSPS) is 18.9. The average molecular weight is 783 g/mol. The monoisotopic (exact) mass is 782 g/mol. The predicted molar refractivity (Wildman–Crippen MR) is 225 cm³/mol. The zero-order valence-electron chi connectivity index (χ0n) is 32.4. The number of amides is 1. The van der Waals surface area contributed by atoms with Crippen LogP contribution in [0, 0.1) is 0 Å². The molecule has 0 spiro atoms. The van der Waals surface area contributed by atoms with Gasteiger partial charge in [0.05, 0.1) is 29.9 Å². The molecule has 0 aromatic heterocycles. The Morgan fingerprint density at radius 3 is 1.98 bits per heavy atom. The van der Waals surface area contributed by atoms with Crippen LogP contribution in [0.3, 0.4) is 0 Å². The maximum Gasteiger partial charge on any atom is 0.346 e. The molecule has 0 saturated carbocycles. The van der Waals surface area contributed by atoms with Gasteiger partial charge in [-0.2, -0.15) is 0 Å². The number of carbonyl (C=O) groups is 3. The van der Waals surface area contributed by atoms with Crippen molar-refractivity contribution in [1.82, 2.24) is 10.2 Å². The molecule has 7 aromatic carbocycles. The lowest BCUT2D eigenvalue weighted by Gasteiger charge is -2.44. The molecule has 7 aromatic rings. The smallest absolute Gasteiger partial charge is 0.346 e. The van der Waals surface area contributed by atoms with Gasteiger partial charge in [0.1, 0.15) is 0 Å². The first-order valence-electron chi connectivity index (χ1n) is 19.7. The lowest BCUT2D eigenvalue weighted by molar-refractivity contribution is -0.263. The van der Waals surface area contributed by atoms with Gasteiger partial charge >= 0.3 is 11.9 Å². The Labute approximate surface area is 341 Å². The van der Waals surface area contributed by atoms with E-state index in [2.05, 4.69) is 88.7 Å². The van der Waals surface area contributed by atoms with Crippen molar-refractivity contribution in [2.45, 2.75) is 44.1 Å². The van der Waals surface area contributed by atoms with Crippen molar-refractivity contribution in [3.63, 3.8) is 0 Å². The Bertz CT molecular complexity index is 2630. The van der Waals surface area contributed by atoms with E-state index < -0.39 is 18.2 Å². The summed E-state index contributed by atoms with van der Waals surface area (Å²) in [5.74, 6) is -2.01. The number of cyclic esters (lactones) is 2. The molecule has 9 nitrogen and oxygen atoms in total. The number of nitrogens with zero attached hydrogens (tertiary/aromatic N) is 1. The Morgan fingerprint density at radius 1 is 0.661 bits per heavy atom. The van der Waals surface area contributed by atoms with Crippen LogP contribution in [0.5, 0.6) is 0 Å². The van der Waals surface area contributed by atoms with E-state index in [1.165, 1.54) is 45.3 Å². The van der Waals surface area contributed by atoms with E-state index in [0.29, 0.717) is 13.1 Å². The molecule has 1 unspecified atom stereocenters. The summed E-state index contributed by atoms with van der Waals surface area (Å²) in [4.78, 5) is 39.3. The minimum Gasteiger partial charge on any atom is -0.392 e. The highest BCUT2D eigenvalue weighted by molar-refractivity contribution is 6.15. The standard InChI is InChI=1S/C50H42N2O7/c1-52(28-43-39-13-7-5-11-36(39)25-37-12-6-8-14-40(37)43)29-44-45(33-9-3-2-4-10-33)46(34-19-17-32(30-53)18-20-34)58-50(57-44)35-21-15-31(16-22-35)27-51-47(54)38-23-24-41-42(26-38)49(56)59-48(41)55/h2-26,44-46,50,53H,27-30H2,1H3,(H,51,54)/t44-,45-,46+,50?/m1/s1. The highest BCUT2D eigenvalue weighted by atomic mass is 16.7. The average Bonchev–Trinajstić information content (AvgIpc) is 3.57.